The molecule has 1 amide bonds. The van der Waals surface area contributed by atoms with E-state index in [0.29, 0.717) is 12.1 Å². The molecule has 0 aromatic heterocycles. The van der Waals surface area contributed by atoms with Crippen molar-refractivity contribution in [3.05, 3.63) is 35.6 Å². The molecule has 0 radical (unpaired) electrons. The van der Waals surface area contributed by atoms with Crippen LogP contribution in [0, 0.1) is 11.7 Å². The Morgan fingerprint density at radius 3 is 2.61 bits per heavy atom. The molecule has 18 heavy (non-hydrogen) atoms. The number of benzene rings is 1. The number of amides is 1. The summed E-state index contributed by atoms with van der Waals surface area (Å²) in [6.07, 6.45) is 0. The largest absolute Gasteiger partial charge is 0.481 e. The summed E-state index contributed by atoms with van der Waals surface area (Å²) in [5, 5.41) is 8.80. The number of halogens is 1. The van der Waals surface area contributed by atoms with Crippen molar-refractivity contribution in [2.24, 2.45) is 5.92 Å². The van der Waals surface area contributed by atoms with Crippen LogP contribution in [0.1, 0.15) is 19.4 Å². The number of nitrogens with zero attached hydrogens (tertiary/aromatic N) is 1. The number of hydrogen-bond acceptors (Lipinski definition) is 2. The van der Waals surface area contributed by atoms with Gasteiger partial charge >= 0.3 is 5.97 Å². The molecule has 1 unspecified atom stereocenters. The van der Waals surface area contributed by atoms with Gasteiger partial charge in [-0.1, -0.05) is 12.1 Å². The van der Waals surface area contributed by atoms with Gasteiger partial charge in [-0.05, 0) is 31.5 Å². The molecule has 1 N–H and O–H groups in total. The number of hydrogen-bond donors (Lipinski definition) is 1. The molecule has 0 aliphatic carbocycles. The molecule has 1 aromatic carbocycles. The molecule has 0 aliphatic rings. The fraction of sp³-hybridized carbons (Fsp3) is 0.385. The highest BCUT2D eigenvalue weighted by molar-refractivity contribution is 5.96. The molecule has 1 rings (SSSR count). The monoisotopic (exact) mass is 253 g/mol. The van der Waals surface area contributed by atoms with Crippen molar-refractivity contribution in [2.75, 3.05) is 6.54 Å². The highest BCUT2D eigenvalue weighted by atomic mass is 19.1. The van der Waals surface area contributed by atoms with Crippen LogP contribution in [0.5, 0.6) is 0 Å². The molecule has 0 spiro atoms. The molecule has 0 saturated carbocycles. The Morgan fingerprint density at radius 2 is 2.11 bits per heavy atom. The van der Waals surface area contributed by atoms with E-state index in [1.54, 1.807) is 19.1 Å². The van der Waals surface area contributed by atoms with E-state index in [4.69, 9.17) is 5.11 Å². The predicted molar refractivity (Wildman–Crippen MR) is 64.3 cm³/mol. The van der Waals surface area contributed by atoms with Gasteiger partial charge in [-0.2, -0.15) is 0 Å². The van der Waals surface area contributed by atoms with E-state index < -0.39 is 17.8 Å². The molecule has 1 aromatic rings. The number of carboxylic acid groups (broad SMARTS) is 1. The van der Waals surface area contributed by atoms with Crippen molar-refractivity contribution < 1.29 is 19.1 Å². The molecule has 98 valence electrons. The van der Waals surface area contributed by atoms with E-state index in [1.165, 1.54) is 24.0 Å². The van der Waals surface area contributed by atoms with Gasteiger partial charge < -0.3 is 10.0 Å². The second-order valence-electron chi connectivity index (χ2n) is 4.04. The smallest absolute Gasteiger partial charge is 0.315 e. The van der Waals surface area contributed by atoms with Gasteiger partial charge in [0, 0.05) is 13.1 Å². The Balaban J connectivity index is 2.79. The second kappa shape index (κ2) is 6.14. The van der Waals surface area contributed by atoms with E-state index in [9.17, 15) is 14.0 Å². The molecular weight excluding hydrogens is 237 g/mol. The molecule has 0 bridgehead atoms. The zero-order valence-corrected chi connectivity index (χ0v) is 10.4. The normalized spacial score (nSPS) is 11.9. The van der Waals surface area contributed by atoms with Crippen LogP contribution in [0.25, 0.3) is 0 Å². The molecule has 0 aliphatic heterocycles. The fourth-order valence-electron chi connectivity index (χ4n) is 1.58. The van der Waals surface area contributed by atoms with Crippen molar-refractivity contribution in [1.82, 2.24) is 4.90 Å². The van der Waals surface area contributed by atoms with Crippen molar-refractivity contribution in [2.45, 2.75) is 20.4 Å². The van der Waals surface area contributed by atoms with Crippen molar-refractivity contribution in [3.63, 3.8) is 0 Å². The van der Waals surface area contributed by atoms with Gasteiger partial charge in [-0.3, -0.25) is 9.59 Å². The lowest BCUT2D eigenvalue weighted by Gasteiger charge is -2.23. The second-order valence-corrected chi connectivity index (χ2v) is 4.04. The minimum atomic E-state index is -1.15. The first-order valence-electron chi connectivity index (χ1n) is 5.71. The summed E-state index contributed by atoms with van der Waals surface area (Å²) in [5.74, 6) is -3.08. The van der Waals surface area contributed by atoms with E-state index in [1.807, 2.05) is 0 Å². The van der Waals surface area contributed by atoms with Crippen molar-refractivity contribution in [3.8, 4) is 0 Å². The average Bonchev–Trinajstić information content (AvgIpc) is 2.34. The van der Waals surface area contributed by atoms with Crippen molar-refractivity contribution >= 4 is 11.9 Å². The Morgan fingerprint density at radius 1 is 1.44 bits per heavy atom. The minimum absolute atomic E-state index is 0.213. The van der Waals surface area contributed by atoms with Gasteiger partial charge in [0.2, 0.25) is 5.91 Å². The predicted octanol–water partition coefficient (Wildman–Crippen LogP) is 1.89. The fourth-order valence-corrected chi connectivity index (χ4v) is 1.58. The molecule has 5 heteroatoms. The highest BCUT2D eigenvalue weighted by Crippen LogP contribution is 2.10. The first-order valence-corrected chi connectivity index (χ1v) is 5.71. The number of carbonyl (C=O) groups is 2. The van der Waals surface area contributed by atoms with Gasteiger partial charge in [-0.25, -0.2) is 4.39 Å². The van der Waals surface area contributed by atoms with Crippen LogP contribution in [0.4, 0.5) is 4.39 Å². The van der Waals surface area contributed by atoms with E-state index in [0.717, 1.165) is 0 Å². The summed E-state index contributed by atoms with van der Waals surface area (Å²) in [5.41, 5.74) is 0.641. The Kier molecular flexibility index (Phi) is 4.83. The number of carbonyl (C=O) groups excluding carboxylic acids is 1. The topological polar surface area (TPSA) is 57.6 Å². The third-order valence-electron chi connectivity index (χ3n) is 2.70. The van der Waals surface area contributed by atoms with Crippen LogP contribution in [0.2, 0.25) is 0 Å². The molecule has 1 atom stereocenters. The maximum Gasteiger partial charge on any atom is 0.315 e. The van der Waals surface area contributed by atoms with Gasteiger partial charge in [0.1, 0.15) is 11.7 Å². The Labute approximate surface area is 105 Å². The summed E-state index contributed by atoms with van der Waals surface area (Å²) in [6, 6.07) is 5.91. The number of aliphatic carboxylic acids is 1. The minimum Gasteiger partial charge on any atom is -0.481 e. The SMILES string of the molecule is CCN(Cc1cccc(F)c1)C(=O)C(C)C(=O)O. The van der Waals surface area contributed by atoms with E-state index in [-0.39, 0.29) is 12.4 Å². The highest BCUT2D eigenvalue weighted by Gasteiger charge is 2.25. The summed E-state index contributed by atoms with van der Waals surface area (Å²) < 4.78 is 13.0. The number of rotatable bonds is 5. The lowest BCUT2D eigenvalue weighted by molar-refractivity contribution is -0.150. The maximum absolute atomic E-state index is 13.0. The molecule has 0 saturated heterocycles. The third-order valence-corrected chi connectivity index (χ3v) is 2.70. The van der Waals surface area contributed by atoms with Crippen LogP contribution in [-0.2, 0) is 16.1 Å². The maximum atomic E-state index is 13.0. The Bertz CT molecular complexity index is 448. The van der Waals surface area contributed by atoms with Crippen LogP contribution in [0.15, 0.2) is 24.3 Å². The van der Waals surface area contributed by atoms with Gasteiger partial charge in [0.05, 0.1) is 0 Å². The summed E-state index contributed by atoms with van der Waals surface area (Å²) in [6.45, 7) is 3.70. The van der Waals surface area contributed by atoms with E-state index in [2.05, 4.69) is 0 Å². The quantitative estimate of drug-likeness (QED) is 0.815. The van der Waals surface area contributed by atoms with Gasteiger partial charge in [0.15, 0.2) is 0 Å². The summed E-state index contributed by atoms with van der Waals surface area (Å²) in [7, 11) is 0. The first kappa shape index (κ1) is 14.2. The first-order chi connectivity index (χ1) is 8.45. The van der Waals surface area contributed by atoms with Crippen LogP contribution >= 0.6 is 0 Å². The number of carboxylic acids is 1. The van der Waals surface area contributed by atoms with Gasteiger partial charge in [-0.15, -0.1) is 0 Å². The Hall–Kier alpha value is -1.91. The van der Waals surface area contributed by atoms with Crippen LogP contribution < -0.4 is 0 Å². The lowest BCUT2D eigenvalue weighted by Crippen LogP contribution is -2.37. The molecule has 0 heterocycles. The average molecular weight is 253 g/mol. The molecule has 0 fully saturated rings. The van der Waals surface area contributed by atoms with Crippen LogP contribution in [-0.4, -0.2) is 28.4 Å². The summed E-state index contributed by atoms with van der Waals surface area (Å²) >= 11 is 0. The molecular formula is C13H16FNO3. The standard InChI is InChI=1S/C13H16FNO3/c1-3-15(12(16)9(2)13(17)18)8-10-5-4-6-11(14)7-10/h4-7,9H,3,8H2,1-2H3,(H,17,18). The van der Waals surface area contributed by atoms with E-state index >= 15 is 0 Å². The lowest BCUT2D eigenvalue weighted by atomic mass is 10.1. The van der Waals surface area contributed by atoms with Gasteiger partial charge in [0.25, 0.3) is 0 Å². The van der Waals surface area contributed by atoms with Crippen LogP contribution in [0.3, 0.4) is 0 Å². The zero-order valence-electron chi connectivity index (χ0n) is 10.4. The zero-order chi connectivity index (χ0) is 13.7. The van der Waals surface area contributed by atoms with Crippen molar-refractivity contribution in [1.29, 1.82) is 0 Å². The molecule has 4 nitrogen and oxygen atoms in total. The third kappa shape index (κ3) is 3.55. The summed E-state index contributed by atoms with van der Waals surface area (Å²) in [4.78, 5) is 24.0.